The molecule has 1 aliphatic rings. The molecule has 0 aromatic heterocycles. The second-order valence-electron chi connectivity index (χ2n) is 4.12. The van der Waals surface area contributed by atoms with Gasteiger partial charge >= 0.3 is 5.97 Å². The Morgan fingerprint density at radius 2 is 2.13 bits per heavy atom. The van der Waals surface area contributed by atoms with Crippen LogP contribution in [-0.4, -0.2) is 28.6 Å². The zero-order chi connectivity index (χ0) is 10.8. The molecule has 1 unspecified atom stereocenters. The number of carboxylic acid groups (broad SMARTS) is 1. The van der Waals surface area contributed by atoms with Gasteiger partial charge in [0.15, 0.2) is 0 Å². The van der Waals surface area contributed by atoms with E-state index in [9.17, 15) is 4.79 Å². The Bertz CT molecular complexity index is 376. The molecule has 15 heavy (non-hydrogen) atoms. The van der Waals surface area contributed by atoms with Crippen molar-refractivity contribution < 1.29 is 9.90 Å². The largest absolute Gasteiger partial charge is 0.480 e. The molecule has 0 aliphatic carbocycles. The van der Waals surface area contributed by atoms with E-state index in [1.165, 1.54) is 11.1 Å². The molecule has 0 bridgehead atoms. The van der Waals surface area contributed by atoms with Gasteiger partial charge in [-0.05, 0) is 24.5 Å². The number of fused-ring (bicyclic) bond motifs is 1. The number of carboxylic acids is 1. The molecule has 3 heteroatoms. The minimum atomic E-state index is -0.749. The van der Waals surface area contributed by atoms with E-state index in [0.29, 0.717) is 6.04 Å². The molecule has 0 fully saturated rings. The fourth-order valence-electron chi connectivity index (χ4n) is 2.12. The summed E-state index contributed by atoms with van der Waals surface area (Å²) in [5, 5.41) is 8.79. The Kier molecular flexibility index (Phi) is 2.73. The molecule has 0 radical (unpaired) electrons. The fraction of sp³-hybridized carbons (Fsp3) is 0.417. The third kappa shape index (κ3) is 2.18. The first-order valence-corrected chi connectivity index (χ1v) is 5.19. The lowest BCUT2D eigenvalue weighted by molar-refractivity contribution is -0.139. The number of hydrogen-bond donors (Lipinski definition) is 1. The smallest absolute Gasteiger partial charge is 0.317 e. The van der Waals surface area contributed by atoms with E-state index in [2.05, 4.69) is 19.1 Å². The lowest BCUT2D eigenvalue weighted by atomic mass is 9.95. The van der Waals surface area contributed by atoms with Gasteiger partial charge in [-0.15, -0.1) is 0 Å². The summed E-state index contributed by atoms with van der Waals surface area (Å²) in [6.45, 7) is 2.97. The Hall–Kier alpha value is -1.35. The van der Waals surface area contributed by atoms with Crippen LogP contribution in [0.5, 0.6) is 0 Å². The van der Waals surface area contributed by atoms with Gasteiger partial charge in [-0.2, -0.15) is 0 Å². The van der Waals surface area contributed by atoms with Gasteiger partial charge in [0, 0.05) is 12.6 Å². The van der Waals surface area contributed by atoms with Crippen LogP contribution in [0.2, 0.25) is 0 Å². The maximum absolute atomic E-state index is 10.7. The Labute approximate surface area is 89.3 Å². The van der Waals surface area contributed by atoms with E-state index < -0.39 is 5.97 Å². The van der Waals surface area contributed by atoms with E-state index in [1.807, 2.05) is 17.0 Å². The first-order valence-electron chi connectivity index (χ1n) is 5.19. The molecule has 0 saturated carbocycles. The highest BCUT2D eigenvalue weighted by molar-refractivity contribution is 5.69. The summed E-state index contributed by atoms with van der Waals surface area (Å²) in [4.78, 5) is 12.7. The summed E-state index contributed by atoms with van der Waals surface area (Å²) in [6.07, 6.45) is 0.948. The van der Waals surface area contributed by atoms with E-state index in [1.54, 1.807) is 0 Å². The van der Waals surface area contributed by atoms with Crippen molar-refractivity contribution in [3.63, 3.8) is 0 Å². The number of benzene rings is 1. The van der Waals surface area contributed by atoms with Gasteiger partial charge in [-0.1, -0.05) is 24.3 Å². The van der Waals surface area contributed by atoms with Gasteiger partial charge in [0.2, 0.25) is 0 Å². The summed E-state index contributed by atoms with van der Waals surface area (Å²) < 4.78 is 0. The number of rotatable bonds is 2. The monoisotopic (exact) mass is 205 g/mol. The lowest BCUT2D eigenvalue weighted by Gasteiger charge is -2.33. The average molecular weight is 205 g/mol. The van der Waals surface area contributed by atoms with Crippen molar-refractivity contribution in [1.29, 1.82) is 0 Å². The van der Waals surface area contributed by atoms with Crippen molar-refractivity contribution in [3.8, 4) is 0 Å². The molecule has 2 rings (SSSR count). The molecule has 0 saturated heterocycles. The van der Waals surface area contributed by atoms with Crippen molar-refractivity contribution in [2.45, 2.75) is 25.9 Å². The van der Waals surface area contributed by atoms with Gasteiger partial charge in [0.1, 0.15) is 0 Å². The summed E-state index contributed by atoms with van der Waals surface area (Å²) in [7, 11) is 0. The molecule has 1 aliphatic heterocycles. The minimum Gasteiger partial charge on any atom is -0.480 e. The molecule has 1 aromatic carbocycles. The number of aliphatic carboxylic acids is 1. The quantitative estimate of drug-likeness (QED) is 0.795. The maximum atomic E-state index is 10.7. The minimum absolute atomic E-state index is 0.134. The van der Waals surface area contributed by atoms with Crippen LogP contribution in [0.25, 0.3) is 0 Å². The molecular formula is C12H15NO2. The first-order chi connectivity index (χ1) is 7.16. The predicted molar refractivity (Wildman–Crippen MR) is 57.7 cm³/mol. The summed E-state index contributed by atoms with van der Waals surface area (Å²) >= 11 is 0. The van der Waals surface area contributed by atoms with Crippen molar-refractivity contribution in [3.05, 3.63) is 35.4 Å². The average Bonchev–Trinajstić information content (AvgIpc) is 2.18. The van der Waals surface area contributed by atoms with Crippen LogP contribution >= 0.6 is 0 Å². The highest BCUT2D eigenvalue weighted by atomic mass is 16.4. The fourth-order valence-corrected chi connectivity index (χ4v) is 2.12. The predicted octanol–water partition coefficient (Wildman–Crippen LogP) is 1.52. The summed E-state index contributed by atoms with van der Waals surface area (Å²) in [6, 6.07) is 8.57. The third-order valence-corrected chi connectivity index (χ3v) is 2.97. The van der Waals surface area contributed by atoms with E-state index in [-0.39, 0.29) is 6.54 Å². The van der Waals surface area contributed by atoms with E-state index >= 15 is 0 Å². The van der Waals surface area contributed by atoms with Gasteiger partial charge in [0.25, 0.3) is 0 Å². The maximum Gasteiger partial charge on any atom is 0.317 e. The van der Waals surface area contributed by atoms with Gasteiger partial charge in [-0.3, -0.25) is 9.69 Å². The van der Waals surface area contributed by atoms with Crippen molar-refractivity contribution in [1.82, 2.24) is 4.90 Å². The van der Waals surface area contributed by atoms with E-state index in [0.717, 1.165) is 13.0 Å². The van der Waals surface area contributed by atoms with Crippen molar-refractivity contribution in [2.24, 2.45) is 0 Å². The Morgan fingerprint density at radius 3 is 2.80 bits per heavy atom. The second-order valence-corrected chi connectivity index (χ2v) is 4.12. The molecule has 0 spiro atoms. The Morgan fingerprint density at radius 1 is 1.47 bits per heavy atom. The van der Waals surface area contributed by atoms with Crippen LogP contribution in [0.1, 0.15) is 18.1 Å². The van der Waals surface area contributed by atoms with Crippen molar-refractivity contribution >= 4 is 5.97 Å². The third-order valence-electron chi connectivity index (χ3n) is 2.97. The van der Waals surface area contributed by atoms with Crippen LogP contribution < -0.4 is 0 Å². The van der Waals surface area contributed by atoms with Crippen LogP contribution in [0.4, 0.5) is 0 Å². The van der Waals surface area contributed by atoms with Crippen LogP contribution in [-0.2, 0) is 17.8 Å². The molecule has 0 amide bonds. The highest BCUT2D eigenvalue weighted by Gasteiger charge is 2.23. The number of nitrogens with zero attached hydrogens (tertiary/aromatic N) is 1. The summed E-state index contributed by atoms with van der Waals surface area (Å²) in [5.74, 6) is -0.749. The van der Waals surface area contributed by atoms with Crippen LogP contribution in [0, 0.1) is 0 Å². The van der Waals surface area contributed by atoms with E-state index in [4.69, 9.17) is 5.11 Å². The molecule has 1 N–H and O–H groups in total. The van der Waals surface area contributed by atoms with Crippen molar-refractivity contribution in [2.75, 3.05) is 6.54 Å². The highest BCUT2D eigenvalue weighted by Crippen LogP contribution is 2.22. The number of carbonyl (C=O) groups is 1. The molecular weight excluding hydrogens is 190 g/mol. The standard InChI is InChI=1S/C12H15NO2/c1-9-6-10-4-2-3-5-11(10)7-13(9)8-12(14)15/h2-5,9H,6-8H2,1H3,(H,14,15). The Balaban J connectivity index is 2.18. The molecule has 1 aromatic rings. The zero-order valence-corrected chi connectivity index (χ0v) is 8.81. The van der Waals surface area contributed by atoms with Crippen LogP contribution in [0.15, 0.2) is 24.3 Å². The molecule has 1 atom stereocenters. The lowest BCUT2D eigenvalue weighted by Crippen LogP contribution is -2.41. The molecule has 1 heterocycles. The van der Waals surface area contributed by atoms with Gasteiger partial charge in [0.05, 0.1) is 6.54 Å². The zero-order valence-electron chi connectivity index (χ0n) is 8.81. The molecule has 3 nitrogen and oxygen atoms in total. The normalized spacial score (nSPS) is 21.0. The summed E-state index contributed by atoms with van der Waals surface area (Å²) in [5.41, 5.74) is 2.61. The van der Waals surface area contributed by atoms with Gasteiger partial charge < -0.3 is 5.11 Å². The number of hydrogen-bond acceptors (Lipinski definition) is 2. The first kappa shape index (κ1) is 10.2. The molecule has 80 valence electrons. The van der Waals surface area contributed by atoms with Crippen LogP contribution in [0.3, 0.4) is 0 Å². The SMILES string of the molecule is CC1Cc2ccccc2CN1CC(=O)O. The van der Waals surface area contributed by atoms with Gasteiger partial charge in [-0.25, -0.2) is 0 Å². The second kappa shape index (κ2) is 4.03. The topological polar surface area (TPSA) is 40.5 Å².